The van der Waals surface area contributed by atoms with Gasteiger partial charge in [0.15, 0.2) is 0 Å². The molecule has 3 N–H and O–H groups in total. The van der Waals surface area contributed by atoms with E-state index in [1.54, 1.807) is 13.8 Å². The van der Waals surface area contributed by atoms with Gasteiger partial charge in [-0.15, -0.1) is 10.2 Å². The van der Waals surface area contributed by atoms with E-state index in [0.29, 0.717) is 30.8 Å². The van der Waals surface area contributed by atoms with Crippen molar-refractivity contribution in [2.45, 2.75) is 44.5 Å². The molecule has 0 radical (unpaired) electrons. The van der Waals surface area contributed by atoms with Crippen molar-refractivity contribution in [3.05, 3.63) is 23.5 Å². The summed E-state index contributed by atoms with van der Waals surface area (Å²) in [5.74, 6) is -0.405. The van der Waals surface area contributed by atoms with Crippen LogP contribution in [0.3, 0.4) is 0 Å². The van der Waals surface area contributed by atoms with Crippen LogP contribution in [0.15, 0.2) is 12.3 Å². The molecule has 1 aliphatic rings. The quantitative estimate of drug-likeness (QED) is 0.776. The van der Waals surface area contributed by atoms with Crippen molar-refractivity contribution < 1.29 is 23.4 Å². The lowest BCUT2D eigenvalue weighted by molar-refractivity contribution is -0.137. The summed E-state index contributed by atoms with van der Waals surface area (Å²) in [6.45, 7) is 3.32. The van der Waals surface area contributed by atoms with E-state index < -0.39 is 23.1 Å². The van der Waals surface area contributed by atoms with Crippen LogP contribution in [-0.2, 0) is 6.18 Å². The molecule has 2 aromatic rings. The minimum Gasteiger partial charge on any atom is -0.506 e. The Kier molecular flexibility index (Phi) is 4.02. The third-order valence-corrected chi connectivity index (χ3v) is 3.99. The SMILES string of the molecule is Cc1nc(NC2CC(C)(O)C2)nnc1-c1ncc(C(F)(F)F)cc1O. The highest BCUT2D eigenvalue weighted by molar-refractivity contribution is 5.64. The van der Waals surface area contributed by atoms with Gasteiger partial charge in [-0.25, -0.2) is 9.97 Å². The van der Waals surface area contributed by atoms with Crippen molar-refractivity contribution in [2.24, 2.45) is 0 Å². The van der Waals surface area contributed by atoms with E-state index in [9.17, 15) is 23.4 Å². The predicted octanol–water partition coefficient (Wildman–Crippen LogP) is 2.29. The molecule has 2 heterocycles. The summed E-state index contributed by atoms with van der Waals surface area (Å²) in [6.07, 6.45) is -2.87. The van der Waals surface area contributed by atoms with Crippen LogP contribution in [0, 0.1) is 6.92 Å². The number of halogens is 3. The van der Waals surface area contributed by atoms with Crippen molar-refractivity contribution in [2.75, 3.05) is 5.32 Å². The second-order valence-corrected chi connectivity index (χ2v) is 6.41. The van der Waals surface area contributed by atoms with Gasteiger partial charge in [-0.05, 0) is 32.8 Å². The molecule has 0 saturated heterocycles. The average molecular weight is 355 g/mol. The summed E-state index contributed by atoms with van der Waals surface area (Å²) < 4.78 is 37.9. The van der Waals surface area contributed by atoms with E-state index in [0.717, 1.165) is 0 Å². The molecule has 0 amide bonds. The number of alkyl halides is 3. The molecule has 1 fully saturated rings. The number of rotatable bonds is 3. The summed E-state index contributed by atoms with van der Waals surface area (Å²) >= 11 is 0. The molecule has 134 valence electrons. The Labute approximate surface area is 141 Å². The molecule has 2 aromatic heterocycles. The number of nitrogens with one attached hydrogen (secondary N) is 1. The third kappa shape index (κ3) is 3.63. The average Bonchev–Trinajstić information content (AvgIpc) is 2.45. The van der Waals surface area contributed by atoms with Gasteiger partial charge in [0.25, 0.3) is 0 Å². The molecule has 0 aromatic carbocycles. The maximum atomic E-state index is 12.6. The highest BCUT2D eigenvalue weighted by atomic mass is 19.4. The summed E-state index contributed by atoms with van der Waals surface area (Å²) in [5, 5.41) is 30.4. The van der Waals surface area contributed by atoms with Crippen LogP contribution in [0.4, 0.5) is 19.1 Å². The number of aromatic hydroxyl groups is 1. The molecule has 1 aliphatic carbocycles. The highest BCUT2D eigenvalue weighted by Gasteiger charge is 2.38. The largest absolute Gasteiger partial charge is 0.506 e. The lowest BCUT2D eigenvalue weighted by atomic mass is 9.77. The monoisotopic (exact) mass is 355 g/mol. The van der Waals surface area contributed by atoms with Crippen LogP contribution in [0.1, 0.15) is 31.0 Å². The Balaban J connectivity index is 1.82. The summed E-state index contributed by atoms with van der Waals surface area (Å²) in [4.78, 5) is 7.84. The molecule has 3 rings (SSSR count). The van der Waals surface area contributed by atoms with Gasteiger partial charge in [0.2, 0.25) is 5.95 Å². The topological polar surface area (TPSA) is 104 Å². The Morgan fingerprint density at radius 1 is 1.24 bits per heavy atom. The van der Waals surface area contributed by atoms with E-state index in [1.807, 2.05) is 0 Å². The zero-order valence-electron chi connectivity index (χ0n) is 13.5. The Bertz CT molecular complexity index is 802. The fourth-order valence-electron chi connectivity index (χ4n) is 2.76. The fourth-order valence-corrected chi connectivity index (χ4v) is 2.76. The summed E-state index contributed by atoms with van der Waals surface area (Å²) in [7, 11) is 0. The van der Waals surface area contributed by atoms with Crippen LogP contribution < -0.4 is 5.32 Å². The fraction of sp³-hybridized carbons (Fsp3) is 0.467. The molecule has 0 atom stereocenters. The first-order valence-electron chi connectivity index (χ1n) is 7.52. The molecule has 0 bridgehead atoms. The second-order valence-electron chi connectivity index (χ2n) is 6.41. The van der Waals surface area contributed by atoms with Crippen molar-refractivity contribution >= 4 is 5.95 Å². The minimum atomic E-state index is -4.60. The van der Waals surface area contributed by atoms with Gasteiger partial charge in [0.05, 0.1) is 16.9 Å². The van der Waals surface area contributed by atoms with Gasteiger partial charge in [-0.1, -0.05) is 0 Å². The molecular weight excluding hydrogens is 339 g/mol. The molecule has 0 aliphatic heterocycles. The smallest absolute Gasteiger partial charge is 0.418 e. The van der Waals surface area contributed by atoms with Crippen molar-refractivity contribution in [1.82, 2.24) is 20.2 Å². The molecule has 0 spiro atoms. The maximum Gasteiger partial charge on any atom is 0.418 e. The van der Waals surface area contributed by atoms with Crippen molar-refractivity contribution in [1.29, 1.82) is 0 Å². The molecule has 0 unspecified atom stereocenters. The van der Waals surface area contributed by atoms with E-state index in [2.05, 4.69) is 25.5 Å². The van der Waals surface area contributed by atoms with E-state index in [1.165, 1.54) is 0 Å². The highest BCUT2D eigenvalue weighted by Crippen LogP contribution is 2.35. The van der Waals surface area contributed by atoms with E-state index in [4.69, 9.17) is 0 Å². The number of nitrogens with zero attached hydrogens (tertiary/aromatic N) is 4. The summed E-state index contributed by atoms with van der Waals surface area (Å²) in [6, 6.07) is 0.617. The van der Waals surface area contributed by atoms with Crippen LogP contribution in [-0.4, -0.2) is 42.0 Å². The molecule has 25 heavy (non-hydrogen) atoms. The van der Waals surface area contributed by atoms with Gasteiger partial charge in [0.1, 0.15) is 17.1 Å². The third-order valence-electron chi connectivity index (χ3n) is 3.99. The Hall–Kier alpha value is -2.49. The van der Waals surface area contributed by atoms with E-state index in [-0.39, 0.29) is 23.4 Å². The Morgan fingerprint density at radius 2 is 1.92 bits per heavy atom. The molecule has 7 nitrogen and oxygen atoms in total. The number of aromatic nitrogens is 4. The lowest BCUT2D eigenvalue weighted by Gasteiger charge is -2.41. The van der Waals surface area contributed by atoms with Gasteiger partial charge in [-0.3, -0.25) is 0 Å². The maximum absolute atomic E-state index is 12.6. The standard InChI is InChI=1S/C15H16F3N5O2/c1-7-11(12-10(24)3-8(6-19-12)15(16,17)18)22-23-13(20-7)21-9-4-14(2,25)5-9/h3,6,9,24-25H,4-5H2,1-2H3,(H,20,21,23). The zero-order chi connectivity index (χ0) is 18.4. The lowest BCUT2D eigenvalue weighted by Crippen LogP contribution is -2.48. The summed E-state index contributed by atoms with van der Waals surface area (Å²) in [5.41, 5.74) is -1.43. The van der Waals surface area contributed by atoms with Gasteiger partial charge < -0.3 is 15.5 Å². The number of pyridine rings is 1. The number of aliphatic hydroxyl groups is 1. The normalized spacial score (nSPS) is 23.2. The van der Waals surface area contributed by atoms with Gasteiger partial charge in [0, 0.05) is 12.2 Å². The van der Waals surface area contributed by atoms with E-state index >= 15 is 0 Å². The van der Waals surface area contributed by atoms with Crippen molar-refractivity contribution in [3.8, 4) is 17.1 Å². The van der Waals surface area contributed by atoms with Crippen LogP contribution in [0.25, 0.3) is 11.4 Å². The first kappa shape index (κ1) is 17.3. The predicted molar refractivity (Wildman–Crippen MR) is 81.7 cm³/mol. The number of anilines is 1. The molecular formula is C15H16F3N5O2. The van der Waals surface area contributed by atoms with Gasteiger partial charge >= 0.3 is 6.18 Å². The van der Waals surface area contributed by atoms with Crippen LogP contribution in [0.5, 0.6) is 5.75 Å². The number of hydrogen-bond donors (Lipinski definition) is 3. The second kappa shape index (κ2) is 5.80. The first-order chi connectivity index (χ1) is 11.5. The molecule has 10 heteroatoms. The number of aryl methyl sites for hydroxylation is 1. The van der Waals surface area contributed by atoms with Crippen LogP contribution >= 0.6 is 0 Å². The zero-order valence-corrected chi connectivity index (χ0v) is 13.5. The first-order valence-corrected chi connectivity index (χ1v) is 7.52. The number of hydrogen-bond acceptors (Lipinski definition) is 7. The minimum absolute atomic E-state index is 0.0275. The van der Waals surface area contributed by atoms with Crippen LogP contribution in [0.2, 0.25) is 0 Å². The molecule has 1 saturated carbocycles. The Morgan fingerprint density at radius 3 is 2.44 bits per heavy atom. The van der Waals surface area contributed by atoms with Crippen molar-refractivity contribution in [3.63, 3.8) is 0 Å². The van der Waals surface area contributed by atoms with Gasteiger partial charge in [-0.2, -0.15) is 13.2 Å².